The maximum Gasteiger partial charge on any atom is 0.246 e. The van der Waals surface area contributed by atoms with Gasteiger partial charge in [0, 0.05) is 26.3 Å². The van der Waals surface area contributed by atoms with Gasteiger partial charge in [0.05, 0.1) is 5.92 Å². The van der Waals surface area contributed by atoms with Gasteiger partial charge in [-0.2, -0.15) is 0 Å². The normalized spacial score (nSPS) is 23.7. The Hall–Kier alpha value is -3.38. The summed E-state index contributed by atoms with van der Waals surface area (Å²) >= 11 is 0. The monoisotopic (exact) mass is 432 g/mol. The number of ether oxygens (including phenoxy) is 4. The number of phenols is 1. The van der Waals surface area contributed by atoms with E-state index < -0.39 is 11.6 Å². The Morgan fingerprint density at radius 1 is 0.938 bits per heavy atom. The number of benzene rings is 3. The number of aromatic hydroxyl groups is 1. The number of phenolic OH excluding ortho intramolecular Hbond substituents is 1. The number of hydrogen-bond acceptors (Lipinski definition) is 6. The minimum absolute atomic E-state index is 0.0550. The highest BCUT2D eigenvalue weighted by atomic mass is 16.7. The highest BCUT2D eigenvalue weighted by Crippen LogP contribution is 2.54. The van der Waals surface area contributed by atoms with Crippen LogP contribution < -0.4 is 18.9 Å². The maximum atomic E-state index is 11.4. The second-order valence-electron chi connectivity index (χ2n) is 9.18. The number of hydrogen-bond donors (Lipinski definition) is 2. The molecule has 32 heavy (non-hydrogen) atoms. The van der Waals surface area contributed by atoms with Crippen LogP contribution in [0.2, 0.25) is 0 Å². The number of aliphatic hydroxyl groups is 1. The summed E-state index contributed by atoms with van der Waals surface area (Å²) in [6.45, 7) is 4.07. The van der Waals surface area contributed by atoms with E-state index in [-0.39, 0.29) is 11.7 Å². The van der Waals surface area contributed by atoms with Crippen LogP contribution in [-0.2, 0) is 19.4 Å². The third kappa shape index (κ3) is 3.06. The Bertz CT molecular complexity index is 1220. The molecule has 0 aromatic heterocycles. The van der Waals surface area contributed by atoms with Gasteiger partial charge in [0.2, 0.25) is 11.6 Å². The highest BCUT2D eigenvalue weighted by Gasteiger charge is 2.51. The van der Waals surface area contributed by atoms with Crippen LogP contribution in [0, 0.1) is 0 Å². The molecule has 0 amide bonds. The highest BCUT2D eigenvalue weighted by molar-refractivity contribution is 5.57. The summed E-state index contributed by atoms with van der Waals surface area (Å²) in [5.74, 6) is -0.0674. The molecule has 0 radical (unpaired) electrons. The fourth-order valence-electron chi connectivity index (χ4n) is 4.93. The molecule has 0 saturated carbocycles. The summed E-state index contributed by atoms with van der Waals surface area (Å²) in [6, 6.07) is 17.0. The van der Waals surface area contributed by atoms with Gasteiger partial charge >= 0.3 is 0 Å². The Balaban J connectivity index is 1.29. The van der Waals surface area contributed by atoms with E-state index in [1.165, 1.54) is 0 Å². The quantitative estimate of drug-likeness (QED) is 0.637. The van der Waals surface area contributed by atoms with Gasteiger partial charge in [-0.15, -0.1) is 0 Å². The lowest BCUT2D eigenvalue weighted by Crippen LogP contribution is -2.44. The second kappa shape index (κ2) is 6.56. The molecule has 6 heteroatoms. The van der Waals surface area contributed by atoms with Crippen molar-refractivity contribution in [1.82, 2.24) is 0 Å². The summed E-state index contributed by atoms with van der Waals surface area (Å²) in [6.07, 6.45) is 0.888. The first-order valence-corrected chi connectivity index (χ1v) is 10.8. The van der Waals surface area contributed by atoms with Crippen LogP contribution in [0.5, 0.6) is 28.7 Å². The van der Waals surface area contributed by atoms with E-state index in [1.54, 1.807) is 12.1 Å². The zero-order chi connectivity index (χ0) is 22.1. The van der Waals surface area contributed by atoms with Crippen LogP contribution in [0.15, 0.2) is 54.6 Å². The third-order valence-electron chi connectivity index (χ3n) is 6.37. The van der Waals surface area contributed by atoms with Gasteiger partial charge in [-0.3, -0.25) is 0 Å². The van der Waals surface area contributed by atoms with Gasteiger partial charge < -0.3 is 29.2 Å². The van der Waals surface area contributed by atoms with E-state index in [9.17, 15) is 10.2 Å². The first-order chi connectivity index (χ1) is 15.3. The Kier molecular flexibility index (Phi) is 3.96. The predicted molar refractivity (Wildman–Crippen MR) is 116 cm³/mol. The van der Waals surface area contributed by atoms with Gasteiger partial charge in [-0.05, 0) is 46.9 Å². The van der Waals surface area contributed by atoms with E-state index in [0.29, 0.717) is 42.4 Å². The fourth-order valence-corrected chi connectivity index (χ4v) is 4.93. The van der Waals surface area contributed by atoms with E-state index in [1.807, 2.05) is 56.3 Å². The van der Waals surface area contributed by atoms with E-state index in [4.69, 9.17) is 18.9 Å². The molecule has 2 heterocycles. The third-order valence-corrected chi connectivity index (χ3v) is 6.37. The Labute approximate surface area is 185 Å². The van der Waals surface area contributed by atoms with Crippen molar-refractivity contribution in [2.45, 2.75) is 50.8 Å². The van der Waals surface area contributed by atoms with Crippen LogP contribution in [0.1, 0.15) is 42.0 Å². The van der Waals surface area contributed by atoms with Gasteiger partial charge in [0.1, 0.15) is 12.4 Å². The summed E-state index contributed by atoms with van der Waals surface area (Å²) in [5, 5.41) is 22.0. The van der Waals surface area contributed by atoms with Crippen LogP contribution in [0.25, 0.3) is 0 Å². The van der Waals surface area contributed by atoms with Crippen molar-refractivity contribution in [3.8, 4) is 28.7 Å². The molecule has 0 spiro atoms. The van der Waals surface area contributed by atoms with Crippen LogP contribution in [0.4, 0.5) is 0 Å². The molecule has 3 aliphatic rings. The molecule has 0 saturated heterocycles. The topological polar surface area (TPSA) is 77.4 Å². The SMILES string of the molecule is CC1(C)Oc2cc3c(cc2O1)C1Cc2cc(O)c(OCc4ccccc4)cc2OC1(O)C3. The van der Waals surface area contributed by atoms with E-state index >= 15 is 0 Å². The average Bonchev–Trinajstić information content (AvgIpc) is 3.19. The zero-order valence-corrected chi connectivity index (χ0v) is 17.9. The molecule has 2 N–H and O–H groups in total. The van der Waals surface area contributed by atoms with Crippen LogP contribution in [-0.4, -0.2) is 21.8 Å². The lowest BCUT2D eigenvalue weighted by atomic mass is 9.87. The molecule has 6 rings (SSSR count). The first kappa shape index (κ1) is 19.3. The van der Waals surface area contributed by atoms with Gasteiger partial charge in [-0.1, -0.05) is 30.3 Å². The molecule has 0 bridgehead atoms. The lowest BCUT2D eigenvalue weighted by Gasteiger charge is -2.36. The van der Waals surface area contributed by atoms with Crippen molar-refractivity contribution >= 4 is 0 Å². The maximum absolute atomic E-state index is 11.4. The van der Waals surface area contributed by atoms with Gasteiger partial charge in [-0.25, -0.2) is 0 Å². The standard InChI is InChI=1S/C26H24O6/c1-25(2)30-23-10-17-13-26(28)19(18(17)11-24(23)31-25)8-16-9-20(27)22(12-21(16)32-26)29-14-15-6-4-3-5-7-15/h3-7,9-12,19,27-28H,8,13-14H2,1-2H3. The lowest BCUT2D eigenvalue weighted by molar-refractivity contribution is -0.155. The molecular formula is C26H24O6. The first-order valence-electron chi connectivity index (χ1n) is 10.8. The number of rotatable bonds is 3. The zero-order valence-electron chi connectivity index (χ0n) is 17.9. The predicted octanol–water partition coefficient (Wildman–Crippen LogP) is 4.44. The Morgan fingerprint density at radius 2 is 1.69 bits per heavy atom. The van der Waals surface area contributed by atoms with Crippen molar-refractivity contribution in [2.75, 3.05) is 0 Å². The molecule has 3 aromatic carbocycles. The minimum atomic E-state index is -1.37. The smallest absolute Gasteiger partial charge is 0.246 e. The molecule has 1 aliphatic carbocycles. The Morgan fingerprint density at radius 3 is 2.47 bits per heavy atom. The van der Waals surface area contributed by atoms with E-state index in [0.717, 1.165) is 22.3 Å². The minimum Gasteiger partial charge on any atom is -0.504 e. The summed E-state index contributed by atoms with van der Waals surface area (Å²) in [4.78, 5) is 0. The summed E-state index contributed by atoms with van der Waals surface area (Å²) in [7, 11) is 0. The summed E-state index contributed by atoms with van der Waals surface area (Å²) in [5.41, 5.74) is 3.79. The molecule has 164 valence electrons. The van der Waals surface area contributed by atoms with Crippen molar-refractivity contribution in [3.63, 3.8) is 0 Å². The summed E-state index contributed by atoms with van der Waals surface area (Å²) < 4.78 is 23.7. The molecule has 3 aromatic rings. The second-order valence-corrected chi connectivity index (χ2v) is 9.18. The fraction of sp³-hybridized carbons (Fsp3) is 0.308. The molecule has 2 unspecified atom stereocenters. The number of fused-ring (bicyclic) bond motifs is 5. The van der Waals surface area contributed by atoms with Crippen molar-refractivity contribution < 1.29 is 29.2 Å². The van der Waals surface area contributed by atoms with Crippen LogP contribution in [0.3, 0.4) is 0 Å². The van der Waals surface area contributed by atoms with Crippen molar-refractivity contribution in [2.24, 2.45) is 0 Å². The molecule has 2 atom stereocenters. The average molecular weight is 432 g/mol. The molecule has 6 nitrogen and oxygen atoms in total. The van der Waals surface area contributed by atoms with E-state index in [2.05, 4.69) is 0 Å². The van der Waals surface area contributed by atoms with Crippen LogP contribution >= 0.6 is 0 Å². The molecule has 2 aliphatic heterocycles. The van der Waals surface area contributed by atoms with Crippen molar-refractivity contribution in [3.05, 3.63) is 76.9 Å². The molecule has 0 fully saturated rings. The largest absolute Gasteiger partial charge is 0.504 e. The van der Waals surface area contributed by atoms with Gasteiger partial charge in [0.15, 0.2) is 23.0 Å². The van der Waals surface area contributed by atoms with Gasteiger partial charge in [0.25, 0.3) is 0 Å². The molecular weight excluding hydrogens is 408 g/mol. The van der Waals surface area contributed by atoms with Crippen molar-refractivity contribution in [1.29, 1.82) is 0 Å².